The zero-order chi connectivity index (χ0) is 24.6. The first-order valence-corrected chi connectivity index (χ1v) is 12.9. The highest BCUT2D eigenvalue weighted by atomic mass is 79.9. The van der Waals surface area contributed by atoms with Gasteiger partial charge in [-0.3, -0.25) is 9.10 Å². The summed E-state index contributed by atoms with van der Waals surface area (Å²) in [6.45, 7) is 2.55. The van der Waals surface area contributed by atoms with Crippen molar-refractivity contribution in [2.45, 2.75) is 18.4 Å². The van der Waals surface area contributed by atoms with Gasteiger partial charge in [-0.25, -0.2) is 8.42 Å². The Labute approximate surface area is 208 Å². The van der Waals surface area contributed by atoms with Crippen molar-refractivity contribution in [3.63, 3.8) is 0 Å². The van der Waals surface area contributed by atoms with E-state index in [1.165, 1.54) is 19.2 Å². The van der Waals surface area contributed by atoms with Crippen molar-refractivity contribution >= 4 is 37.5 Å². The van der Waals surface area contributed by atoms with Gasteiger partial charge in [0.15, 0.2) is 0 Å². The lowest BCUT2D eigenvalue weighted by atomic mass is 10.2. The van der Waals surface area contributed by atoms with Crippen molar-refractivity contribution < 1.29 is 22.7 Å². The monoisotopic (exact) mass is 546 g/mol. The third-order valence-corrected chi connectivity index (χ3v) is 7.39. The molecule has 3 aromatic carbocycles. The van der Waals surface area contributed by atoms with Gasteiger partial charge in [0.25, 0.3) is 10.0 Å². The molecule has 9 heteroatoms. The Morgan fingerprint density at radius 1 is 1.03 bits per heavy atom. The number of halogens is 1. The normalized spacial score (nSPS) is 11.1. The van der Waals surface area contributed by atoms with Gasteiger partial charge in [-0.2, -0.15) is 0 Å². The van der Waals surface area contributed by atoms with Crippen LogP contribution in [0, 0.1) is 6.92 Å². The first-order valence-electron chi connectivity index (χ1n) is 10.6. The molecule has 0 aliphatic carbocycles. The second-order valence-corrected chi connectivity index (χ2v) is 10.2. The van der Waals surface area contributed by atoms with Gasteiger partial charge in [0, 0.05) is 6.54 Å². The maximum atomic E-state index is 13.5. The minimum Gasteiger partial charge on any atom is -0.496 e. The summed E-state index contributed by atoms with van der Waals surface area (Å²) in [5, 5.41) is 2.73. The van der Waals surface area contributed by atoms with Gasteiger partial charge < -0.3 is 14.8 Å². The summed E-state index contributed by atoms with van der Waals surface area (Å²) in [5.41, 5.74) is 2.41. The summed E-state index contributed by atoms with van der Waals surface area (Å²) in [6, 6.07) is 21.2. The first kappa shape index (κ1) is 25.7. The lowest BCUT2D eigenvalue weighted by Crippen LogP contribution is -2.41. The summed E-state index contributed by atoms with van der Waals surface area (Å²) >= 11 is 3.33. The zero-order valence-electron chi connectivity index (χ0n) is 19.0. The Morgan fingerprint density at radius 3 is 2.38 bits per heavy atom. The second kappa shape index (κ2) is 12.0. The third kappa shape index (κ3) is 6.82. The Kier molecular flexibility index (Phi) is 9.09. The van der Waals surface area contributed by atoms with Crippen molar-refractivity contribution in [1.82, 2.24) is 5.32 Å². The van der Waals surface area contributed by atoms with E-state index in [0.717, 1.165) is 15.4 Å². The summed E-state index contributed by atoms with van der Waals surface area (Å²) < 4.78 is 39.4. The number of aryl methyl sites for hydroxylation is 1. The van der Waals surface area contributed by atoms with Crippen LogP contribution in [0.25, 0.3) is 0 Å². The van der Waals surface area contributed by atoms with Crippen molar-refractivity contribution in [1.29, 1.82) is 0 Å². The number of methoxy groups -OCH3 is 1. The smallest absolute Gasteiger partial charge is 0.264 e. The molecule has 1 amide bonds. The molecule has 0 saturated heterocycles. The van der Waals surface area contributed by atoms with Crippen molar-refractivity contribution in [2.75, 3.05) is 31.1 Å². The molecule has 0 aliphatic heterocycles. The Bertz CT molecular complexity index is 1200. The molecule has 0 spiro atoms. The van der Waals surface area contributed by atoms with E-state index in [-0.39, 0.29) is 18.0 Å². The average Bonchev–Trinajstić information content (AvgIpc) is 2.83. The number of hydrogen-bond donors (Lipinski definition) is 1. The van der Waals surface area contributed by atoms with E-state index in [4.69, 9.17) is 9.47 Å². The van der Waals surface area contributed by atoms with Crippen LogP contribution in [0.5, 0.6) is 5.75 Å². The fourth-order valence-corrected chi connectivity index (χ4v) is 5.31. The van der Waals surface area contributed by atoms with E-state index < -0.39 is 15.9 Å². The largest absolute Gasteiger partial charge is 0.496 e. The van der Waals surface area contributed by atoms with E-state index >= 15 is 0 Å². The Hall–Kier alpha value is -2.88. The second-order valence-electron chi connectivity index (χ2n) is 7.53. The molecule has 0 bridgehead atoms. The zero-order valence-corrected chi connectivity index (χ0v) is 21.4. The highest BCUT2D eigenvalue weighted by molar-refractivity contribution is 9.10. The minimum atomic E-state index is -4.03. The minimum absolute atomic E-state index is 0.0414. The lowest BCUT2D eigenvalue weighted by molar-refractivity contribution is -0.119. The van der Waals surface area contributed by atoms with Crippen molar-refractivity contribution in [3.05, 3.63) is 88.4 Å². The molecule has 1 N–H and O–H groups in total. The third-order valence-electron chi connectivity index (χ3n) is 5.00. The molecule has 7 nitrogen and oxygen atoms in total. The lowest BCUT2D eigenvalue weighted by Gasteiger charge is -2.24. The molecule has 0 heterocycles. The number of amides is 1. The van der Waals surface area contributed by atoms with Gasteiger partial charge in [0.1, 0.15) is 12.3 Å². The van der Waals surface area contributed by atoms with Gasteiger partial charge in [0.05, 0.1) is 35.4 Å². The van der Waals surface area contributed by atoms with Gasteiger partial charge in [0.2, 0.25) is 5.91 Å². The molecule has 0 radical (unpaired) electrons. The standard InChI is InChI=1S/C25H27BrN2O5S/c1-19-8-10-21(11-9-19)28(34(30,31)22-12-13-24(32-2)23(26)16-22)17-25(29)27-14-15-33-18-20-6-4-3-5-7-20/h3-13,16H,14-15,17-18H2,1-2H3,(H,27,29). The topological polar surface area (TPSA) is 84.9 Å². The summed E-state index contributed by atoms with van der Waals surface area (Å²) in [4.78, 5) is 12.7. The van der Waals surface area contributed by atoms with Crippen LogP contribution in [0.4, 0.5) is 5.69 Å². The molecular formula is C25H27BrN2O5S. The molecule has 0 saturated carbocycles. The molecule has 3 aromatic rings. The summed E-state index contributed by atoms with van der Waals surface area (Å²) in [6.07, 6.45) is 0. The number of carbonyl (C=O) groups is 1. The highest BCUT2D eigenvalue weighted by Gasteiger charge is 2.28. The number of carbonyl (C=O) groups excluding carboxylic acids is 1. The number of nitrogens with one attached hydrogen (secondary N) is 1. The number of hydrogen-bond acceptors (Lipinski definition) is 5. The molecular weight excluding hydrogens is 520 g/mol. The fourth-order valence-electron chi connectivity index (χ4n) is 3.17. The molecule has 180 valence electrons. The van der Waals surface area contributed by atoms with Crippen LogP contribution in [0.1, 0.15) is 11.1 Å². The number of rotatable bonds is 11. The first-order chi connectivity index (χ1) is 16.3. The van der Waals surface area contributed by atoms with Crippen LogP contribution >= 0.6 is 15.9 Å². The predicted molar refractivity (Wildman–Crippen MR) is 136 cm³/mol. The van der Waals surface area contributed by atoms with Crippen LogP contribution in [0.15, 0.2) is 82.2 Å². The maximum absolute atomic E-state index is 13.5. The number of benzene rings is 3. The number of anilines is 1. The van der Waals surface area contributed by atoms with Crippen molar-refractivity contribution in [3.8, 4) is 5.75 Å². The van der Waals surface area contributed by atoms with Crippen LogP contribution in [0.3, 0.4) is 0 Å². The van der Waals surface area contributed by atoms with Crippen molar-refractivity contribution in [2.24, 2.45) is 0 Å². The quantitative estimate of drug-likeness (QED) is 0.362. The molecule has 3 rings (SSSR count). The van der Waals surface area contributed by atoms with E-state index in [9.17, 15) is 13.2 Å². The molecule has 0 fully saturated rings. The summed E-state index contributed by atoms with van der Waals surface area (Å²) in [5.74, 6) is 0.0779. The average molecular weight is 547 g/mol. The highest BCUT2D eigenvalue weighted by Crippen LogP contribution is 2.30. The fraction of sp³-hybridized carbons (Fsp3) is 0.240. The molecule has 0 unspecified atom stereocenters. The van der Waals surface area contributed by atoms with Crippen LogP contribution in [-0.2, 0) is 26.2 Å². The van der Waals surface area contributed by atoms with Gasteiger partial charge >= 0.3 is 0 Å². The Balaban J connectivity index is 1.70. The van der Waals surface area contributed by atoms with Crippen LogP contribution in [-0.4, -0.2) is 41.1 Å². The number of ether oxygens (including phenoxy) is 2. The van der Waals surface area contributed by atoms with Gasteiger partial charge in [-0.05, 0) is 58.7 Å². The van der Waals surface area contributed by atoms with E-state index in [0.29, 0.717) is 29.1 Å². The number of sulfonamides is 1. The molecule has 34 heavy (non-hydrogen) atoms. The Morgan fingerprint density at radius 2 is 1.74 bits per heavy atom. The molecule has 0 atom stereocenters. The molecule has 0 aliphatic rings. The van der Waals surface area contributed by atoms with E-state index in [1.54, 1.807) is 30.3 Å². The van der Waals surface area contributed by atoms with Gasteiger partial charge in [-0.15, -0.1) is 0 Å². The van der Waals surface area contributed by atoms with E-state index in [2.05, 4.69) is 21.2 Å². The predicted octanol–water partition coefficient (Wildman–Crippen LogP) is 4.29. The van der Waals surface area contributed by atoms with Crippen LogP contribution < -0.4 is 14.4 Å². The SMILES string of the molecule is COc1ccc(S(=O)(=O)N(CC(=O)NCCOCc2ccccc2)c2ccc(C)cc2)cc1Br. The van der Waals surface area contributed by atoms with Crippen LogP contribution in [0.2, 0.25) is 0 Å². The summed E-state index contributed by atoms with van der Waals surface area (Å²) in [7, 11) is -2.52. The van der Waals surface area contributed by atoms with Gasteiger partial charge in [-0.1, -0.05) is 48.0 Å². The van der Waals surface area contributed by atoms with E-state index in [1.807, 2.05) is 37.3 Å². The maximum Gasteiger partial charge on any atom is 0.264 e. The number of nitrogens with zero attached hydrogens (tertiary/aromatic N) is 1. The molecule has 0 aromatic heterocycles.